The van der Waals surface area contributed by atoms with Crippen LogP contribution in [-0.2, 0) is 13.0 Å². The molecule has 2 nitrogen and oxygen atoms in total. The van der Waals surface area contributed by atoms with Crippen LogP contribution in [0.1, 0.15) is 23.6 Å². The Balaban J connectivity index is 1.77. The molecule has 0 radical (unpaired) electrons. The maximum atomic E-state index is 6.06. The lowest BCUT2D eigenvalue weighted by atomic mass is 9.91. The minimum Gasteiger partial charge on any atom is -0.488 e. The summed E-state index contributed by atoms with van der Waals surface area (Å²) in [5.74, 6) is 0.992. The molecule has 0 fully saturated rings. The van der Waals surface area contributed by atoms with Gasteiger partial charge in [-0.3, -0.25) is 4.99 Å². The average Bonchev–Trinajstić information content (AvgIpc) is 2.93. The van der Waals surface area contributed by atoms with E-state index >= 15 is 0 Å². The number of aliphatic imine (C=N–C) groups is 1. The molecule has 0 N–H and O–H groups in total. The van der Waals surface area contributed by atoms with E-state index in [0.29, 0.717) is 6.61 Å². The topological polar surface area (TPSA) is 21.6 Å². The molecule has 0 aliphatic carbocycles. The second-order valence-corrected chi connectivity index (χ2v) is 6.61. The van der Waals surface area contributed by atoms with Crippen LogP contribution in [-0.4, -0.2) is 5.71 Å². The van der Waals surface area contributed by atoms with Gasteiger partial charge in [-0.1, -0.05) is 29.8 Å². The van der Waals surface area contributed by atoms with Crippen LogP contribution >= 0.6 is 0 Å². The molecule has 2 heteroatoms. The van der Waals surface area contributed by atoms with Gasteiger partial charge >= 0.3 is 0 Å². The fraction of sp³-hybridized carbons (Fsp3) is 0.190. The smallest absolute Gasteiger partial charge is 0.128 e. The minimum absolute atomic E-state index is 0.653. The number of rotatable bonds is 0. The number of fused-ring (bicyclic) bond motifs is 6. The van der Waals surface area contributed by atoms with E-state index in [1.54, 1.807) is 0 Å². The molecule has 0 bridgehead atoms. The van der Waals surface area contributed by atoms with Gasteiger partial charge in [-0.15, -0.1) is 0 Å². The maximum Gasteiger partial charge on any atom is 0.128 e. The van der Waals surface area contributed by atoms with E-state index in [2.05, 4.69) is 61.3 Å². The fourth-order valence-electron chi connectivity index (χ4n) is 3.78. The number of ether oxygens (including phenoxy) is 1. The van der Waals surface area contributed by atoms with E-state index < -0.39 is 0 Å². The van der Waals surface area contributed by atoms with Crippen LogP contribution in [0.3, 0.4) is 0 Å². The Morgan fingerprint density at radius 3 is 2.78 bits per heavy atom. The summed E-state index contributed by atoms with van der Waals surface area (Å²) in [6.07, 6.45) is 0.946. The molecule has 0 amide bonds. The SMILES string of the molecule is CC1=Nc2ccc3cc4c(cc3c2C1)OCc1cc(C)ccc1-4. The zero-order valence-electron chi connectivity index (χ0n) is 13.3. The zero-order chi connectivity index (χ0) is 15.6. The number of hydrogen-bond donors (Lipinski definition) is 0. The van der Waals surface area contributed by atoms with Crippen LogP contribution in [0.4, 0.5) is 5.69 Å². The molecule has 0 unspecified atom stereocenters. The van der Waals surface area contributed by atoms with Crippen LogP contribution in [0.2, 0.25) is 0 Å². The Morgan fingerprint density at radius 2 is 1.87 bits per heavy atom. The number of aryl methyl sites for hydroxylation is 1. The highest BCUT2D eigenvalue weighted by Crippen LogP contribution is 2.43. The monoisotopic (exact) mass is 299 g/mol. The molecule has 0 spiro atoms. The third-order valence-electron chi connectivity index (χ3n) is 4.88. The molecule has 3 aromatic carbocycles. The van der Waals surface area contributed by atoms with Gasteiger partial charge in [0.1, 0.15) is 12.4 Å². The molecule has 2 heterocycles. The predicted octanol–water partition coefficient (Wildman–Crippen LogP) is 5.36. The van der Waals surface area contributed by atoms with Crippen molar-refractivity contribution in [3.05, 3.63) is 59.2 Å². The maximum absolute atomic E-state index is 6.06. The number of benzene rings is 3. The molecular weight excluding hydrogens is 282 g/mol. The summed E-state index contributed by atoms with van der Waals surface area (Å²) in [4.78, 5) is 4.64. The first-order valence-electron chi connectivity index (χ1n) is 8.05. The molecule has 2 aliphatic rings. The van der Waals surface area contributed by atoms with Gasteiger partial charge in [-0.2, -0.15) is 0 Å². The van der Waals surface area contributed by atoms with Crippen LogP contribution in [0.25, 0.3) is 21.9 Å². The average molecular weight is 299 g/mol. The quantitative estimate of drug-likeness (QED) is 0.548. The summed E-state index contributed by atoms with van der Waals surface area (Å²) < 4.78 is 6.06. The van der Waals surface area contributed by atoms with E-state index in [0.717, 1.165) is 17.9 Å². The lowest BCUT2D eigenvalue weighted by Crippen LogP contribution is -2.06. The number of nitrogens with zero attached hydrogens (tertiary/aromatic N) is 1. The Bertz CT molecular complexity index is 1010. The summed E-state index contributed by atoms with van der Waals surface area (Å²) in [6, 6.07) is 15.4. The van der Waals surface area contributed by atoms with Gasteiger partial charge in [-0.25, -0.2) is 0 Å². The van der Waals surface area contributed by atoms with Crippen molar-refractivity contribution in [1.82, 2.24) is 0 Å². The van der Waals surface area contributed by atoms with Gasteiger partial charge in [0, 0.05) is 17.7 Å². The van der Waals surface area contributed by atoms with Crippen molar-refractivity contribution in [2.24, 2.45) is 4.99 Å². The Morgan fingerprint density at radius 1 is 0.957 bits per heavy atom. The van der Waals surface area contributed by atoms with Gasteiger partial charge in [0.15, 0.2) is 0 Å². The highest BCUT2D eigenvalue weighted by atomic mass is 16.5. The third-order valence-corrected chi connectivity index (χ3v) is 4.88. The zero-order valence-corrected chi connectivity index (χ0v) is 13.3. The molecule has 0 aromatic heterocycles. The molecular formula is C21H17NO. The highest BCUT2D eigenvalue weighted by Gasteiger charge is 2.21. The Kier molecular flexibility index (Phi) is 2.49. The van der Waals surface area contributed by atoms with Crippen molar-refractivity contribution in [3.8, 4) is 16.9 Å². The Hall–Kier alpha value is -2.61. The molecule has 0 saturated carbocycles. The van der Waals surface area contributed by atoms with Crippen LogP contribution in [0.5, 0.6) is 5.75 Å². The summed E-state index contributed by atoms with van der Waals surface area (Å²) in [7, 11) is 0. The summed E-state index contributed by atoms with van der Waals surface area (Å²) in [5.41, 5.74) is 8.69. The highest BCUT2D eigenvalue weighted by molar-refractivity contribution is 6.02. The van der Waals surface area contributed by atoms with Crippen molar-refractivity contribution < 1.29 is 4.74 Å². The van der Waals surface area contributed by atoms with Gasteiger partial charge in [-0.05, 0) is 59.5 Å². The normalized spacial score (nSPS) is 14.8. The first kappa shape index (κ1) is 12.9. The molecule has 23 heavy (non-hydrogen) atoms. The van der Waals surface area contributed by atoms with E-state index in [-0.39, 0.29) is 0 Å². The lowest BCUT2D eigenvalue weighted by Gasteiger charge is -2.22. The molecule has 112 valence electrons. The Labute approximate surface area is 135 Å². The summed E-state index contributed by atoms with van der Waals surface area (Å²) >= 11 is 0. The van der Waals surface area contributed by atoms with Gasteiger partial charge in [0.2, 0.25) is 0 Å². The summed E-state index contributed by atoms with van der Waals surface area (Å²) in [6.45, 7) is 4.88. The van der Waals surface area contributed by atoms with E-state index in [4.69, 9.17) is 4.74 Å². The standard InChI is InChI=1S/C21H17NO/c1-12-3-5-16-15(7-12)11-23-21-10-17-14(9-19(16)21)4-6-20-18(17)8-13(2)22-20/h3-7,9-10H,8,11H2,1-2H3. The lowest BCUT2D eigenvalue weighted by molar-refractivity contribution is 0.302. The first-order valence-corrected chi connectivity index (χ1v) is 8.05. The van der Waals surface area contributed by atoms with Gasteiger partial charge in [0.05, 0.1) is 5.69 Å². The van der Waals surface area contributed by atoms with Crippen LogP contribution in [0.15, 0.2) is 47.5 Å². The van der Waals surface area contributed by atoms with Gasteiger partial charge in [0.25, 0.3) is 0 Å². The second kappa shape index (κ2) is 4.45. The van der Waals surface area contributed by atoms with E-state index in [1.165, 1.54) is 44.3 Å². The van der Waals surface area contributed by atoms with Crippen LogP contribution < -0.4 is 4.74 Å². The fourth-order valence-corrected chi connectivity index (χ4v) is 3.78. The van der Waals surface area contributed by atoms with E-state index in [1.807, 2.05) is 0 Å². The largest absolute Gasteiger partial charge is 0.488 e. The molecule has 0 atom stereocenters. The van der Waals surface area contributed by atoms with Crippen molar-refractivity contribution in [3.63, 3.8) is 0 Å². The molecule has 3 aromatic rings. The number of hydrogen-bond acceptors (Lipinski definition) is 2. The second-order valence-electron chi connectivity index (χ2n) is 6.61. The van der Waals surface area contributed by atoms with Crippen LogP contribution in [0, 0.1) is 6.92 Å². The minimum atomic E-state index is 0.653. The van der Waals surface area contributed by atoms with Crippen molar-refractivity contribution in [2.75, 3.05) is 0 Å². The molecule has 5 rings (SSSR count). The first-order chi connectivity index (χ1) is 11.2. The predicted molar refractivity (Wildman–Crippen MR) is 94.9 cm³/mol. The third kappa shape index (κ3) is 1.84. The van der Waals surface area contributed by atoms with Gasteiger partial charge < -0.3 is 4.74 Å². The molecule has 2 aliphatic heterocycles. The molecule has 0 saturated heterocycles. The van der Waals surface area contributed by atoms with E-state index in [9.17, 15) is 0 Å². The van der Waals surface area contributed by atoms with Crippen molar-refractivity contribution in [1.29, 1.82) is 0 Å². The van der Waals surface area contributed by atoms with Crippen molar-refractivity contribution >= 4 is 22.2 Å². The summed E-state index contributed by atoms with van der Waals surface area (Å²) in [5, 5.41) is 2.54. The van der Waals surface area contributed by atoms with Crippen molar-refractivity contribution in [2.45, 2.75) is 26.9 Å².